The molecule has 1 fully saturated rings. The highest BCUT2D eigenvalue weighted by molar-refractivity contribution is 5.81. The van der Waals surface area contributed by atoms with Crippen molar-refractivity contribution < 1.29 is 4.79 Å². The Morgan fingerprint density at radius 1 is 1.46 bits per heavy atom. The minimum absolute atomic E-state index is 0.353. The fraction of sp³-hybridized carbons (Fsp3) is 0.917. The van der Waals surface area contributed by atoms with Crippen LogP contribution >= 0.6 is 0 Å². The lowest BCUT2D eigenvalue weighted by Gasteiger charge is -2.22. The molecule has 1 saturated carbocycles. The Kier molecular flexibility index (Phi) is 3.52. The summed E-state index contributed by atoms with van der Waals surface area (Å²) < 4.78 is 0. The van der Waals surface area contributed by atoms with Crippen molar-refractivity contribution in [2.75, 3.05) is 0 Å². The molecule has 1 aliphatic rings. The second-order valence-electron chi connectivity index (χ2n) is 5.31. The third-order valence-corrected chi connectivity index (χ3v) is 3.19. The fourth-order valence-electron chi connectivity index (χ4n) is 2.24. The number of carbonyl (C=O) groups excluding carboxylic acids is 1. The summed E-state index contributed by atoms with van der Waals surface area (Å²) in [4.78, 5) is 11.2. The molecule has 0 saturated heterocycles. The molecule has 1 nitrogen and oxygen atoms in total. The van der Waals surface area contributed by atoms with Crippen molar-refractivity contribution >= 4 is 5.78 Å². The van der Waals surface area contributed by atoms with Crippen LogP contribution in [0.3, 0.4) is 0 Å². The van der Waals surface area contributed by atoms with Crippen LogP contribution < -0.4 is 0 Å². The maximum atomic E-state index is 11.2. The standard InChI is InChI=1S/C12H22O/c1-10(2)5-4-7-12(3)8-6-11(13)9-12/h10H,4-9H2,1-3H3. The van der Waals surface area contributed by atoms with Crippen LogP contribution in [0.1, 0.15) is 59.3 Å². The zero-order chi connectivity index (χ0) is 9.90. The summed E-state index contributed by atoms with van der Waals surface area (Å²) in [5.41, 5.74) is 0.353. The van der Waals surface area contributed by atoms with E-state index in [2.05, 4.69) is 20.8 Å². The third kappa shape index (κ3) is 3.50. The molecule has 0 aromatic carbocycles. The van der Waals surface area contributed by atoms with Gasteiger partial charge in [-0.05, 0) is 24.2 Å². The predicted octanol–water partition coefficient (Wildman–Crippen LogP) is 3.57. The summed E-state index contributed by atoms with van der Waals surface area (Å²) in [7, 11) is 0. The van der Waals surface area contributed by atoms with Crippen molar-refractivity contribution in [2.24, 2.45) is 11.3 Å². The molecule has 1 rings (SSSR count). The monoisotopic (exact) mass is 182 g/mol. The molecule has 1 unspecified atom stereocenters. The van der Waals surface area contributed by atoms with Gasteiger partial charge >= 0.3 is 0 Å². The first-order valence-electron chi connectivity index (χ1n) is 5.53. The van der Waals surface area contributed by atoms with Crippen LogP contribution in [0.25, 0.3) is 0 Å². The van der Waals surface area contributed by atoms with Crippen LogP contribution in [0.2, 0.25) is 0 Å². The van der Waals surface area contributed by atoms with Crippen LogP contribution in [0, 0.1) is 11.3 Å². The Morgan fingerprint density at radius 3 is 2.62 bits per heavy atom. The molecular formula is C12H22O. The van der Waals surface area contributed by atoms with E-state index in [1.54, 1.807) is 0 Å². The molecule has 13 heavy (non-hydrogen) atoms. The van der Waals surface area contributed by atoms with Gasteiger partial charge in [-0.1, -0.05) is 33.6 Å². The minimum atomic E-state index is 0.353. The van der Waals surface area contributed by atoms with Crippen molar-refractivity contribution in [3.8, 4) is 0 Å². The summed E-state index contributed by atoms with van der Waals surface area (Å²) in [6, 6.07) is 0. The van der Waals surface area contributed by atoms with E-state index in [4.69, 9.17) is 0 Å². The molecule has 1 aliphatic carbocycles. The molecule has 0 aliphatic heterocycles. The Hall–Kier alpha value is -0.330. The van der Waals surface area contributed by atoms with E-state index in [9.17, 15) is 4.79 Å². The van der Waals surface area contributed by atoms with E-state index in [1.807, 2.05) is 0 Å². The maximum Gasteiger partial charge on any atom is 0.133 e. The topological polar surface area (TPSA) is 17.1 Å². The van der Waals surface area contributed by atoms with Gasteiger partial charge in [0.15, 0.2) is 0 Å². The van der Waals surface area contributed by atoms with Crippen LogP contribution in [0.4, 0.5) is 0 Å². The van der Waals surface area contributed by atoms with Gasteiger partial charge in [-0.3, -0.25) is 4.79 Å². The van der Waals surface area contributed by atoms with E-state index in [-0.39, 0.29) is 0 Å². The molecule has 0 heterocycles. The zero-order valence-corrected chi connectivity index (χ0v) is 9.23. The van der Waals surface area contributed by atoms with E-state index < -0.39 is 0 Å². The number of rotatable bonds is 4. The molecule has 0 aromatic rings. The van der Waals surface area contributed by atoms with Gasteiger partial charge in [0.05, 0.1) is 0 Å². The number of ketones is 1. The highest BCUT2D eigenvalue weighted by Crippen LogP contribution is 2.39. The molecule has 0 bridgehead atoms. The SMILES string of the molecule is CC(C)CCCC1(C)CCC(=O)C1. The van der Waals surface area contributed by atoms with Gasteiger partial charge in [0.2, 0.25) is 0 Å². The Bertz CT molecular complexity index is 184. The van der Waals surface area contributed by atoms with Crippen LogP contribution in [-0.4, -0.2) is 5.78 Å². The van der Waals surface area contributed by atoms with E-state index in [0.717, 1.165) is 25.2 Å². The molecule has 1 atom stereocenters. The molecule has 76 valence electrons. The second-order valence-corrected chi connectivity index (χ2v) is 5.31. The first-order chi connectivity index (χ1) is 6.02. The highest BCUT2D eigenvalue weighted by atomic mass is 16.1. The van der Waals surface area contributed by atoms with Gasteiger partial charge in [-0.15, -0.1) is 0 Å². The zero-order valence-electron chi connectivity index (χ0n) is 9.23. The van der Waals surface area contributed by atoms with Crippen molar-refractivity contribution in [3.05, 3.63) is 0 Å². The quantitative estimate of drug-likeness (QED) is 0.649. The van der Waals surface area contributed by atoms with Gasteiger partial charge in [0.25, 0.3) is 0 Å². The van der Waals surface area contributed by atoms with Gasteiger partial charge in [0, 0.05) is 12.8 Å². The average Bonchev–Trinajstić information content (AvgIpc) is 2.30. The molecule has 0 N–H and O–H groups in total. The van der Waals surface area contributed by atoms with Gasteiger partial charge in [-0.25, -0.2) is 0 Å². The summed E-state index contributed by atoms with van der Waals surface area (Å²) >= 11 is 0. The second kappa shape index (κ2) is 4.26. The van der Waals surface area contributed by atoms with Crippen LogP contribution in [0.5, 0.6) is 0 Å². The molecule has 0 aromatic heterocycles. The van der Waals surface area contributed by atoms with Gasteiger partial charge in [-0.2, -0.15) is 0 Å². The average molecular weight is 182 g/mol. The van der Waals surface area contributed by atoms with Crippen LogP contribution in [0.15, 0.2) is 0 Å². The number of carbonyl (C=O) groups is 1. The summed E-state index contributed by atoms with van der Waals surface area (Å²) in [6.45, 7) is 6.81. The molecule has 0 spiro atoms. The van der Waals surface area contributed by atoms with Crippen molar-refractivity contribution in [2.45, 2.75) is 59.3 Å². The molecule has 0 radical (unpaired) electrons. The largest absolute Gasteiger partial charge is 0.300 e. The van der Waals surface area contributed by atoms with Crippen molar-refractivity contribution in [1.29, 1.82) is 0 Å². The predicted molar refractivity (Wildman–Crippen MR) is 55.7 cm³/mol. The lowest BCUT2D eigenvalue weighted by atomic mass is 9.82. The molecule has 1 heteroatoms. The third-order valence-electron chi connectivity index (χ3n) is 3.19. The summed E-state index contributed by atoms with van der Waals surface area (Å²) in [6.07, 6.45) is 6.65. The first kappa shape index (κ1) is 10.7. The number of hydrogen-bond acceptors (Lipinski definition) is 1. The van der Waals surface area contributed by atoms with Gasteiger partial charge in [0.1, 0.15) is 5.78 Å². The number of Topliss-reactive ketones (excluding diaryl/α,β-unsaturated/α-hetero) is 1. The molecule has 0 amide bonds. The first-order valence-corrected chi connectivity index (χ1v) is 5.53. The highest BCUT2D eigenvalue weighted by Gasteiger charge is 2.32. The Balaban J connectivity index is 2.24. The smallest absolute Gasteiger partial charge is 0.133 e. The summed E-state index contributed by atoms with van der Waals surface area (Å²) in [5.74, 6) is 1.28. The van der Waals surface area contributed by atoms with Crippen LogP contribution in [-0.2, 0) is 4.79 Å². The Labute approximate surface area is 81.9 Å². The van der Waals surface area contributed by atoms with E-state index in [0.29, 0.717) is 11.2 Å². The number of hydrogen-bond donors (Lipinski definition) is 0. The van der Waals surface area contributed by atoms with E-state index in [1.165, 1.54) is 19.3 Å². The van der Waals surface area contributed by atoms with Crippen molar-refractivity contribution in [1.82, 2.24) is 0 Å². The molecular weight excluding hydrogens is 160 g/mol. The lowest BCUT2D eigenvalue weighted by molar-refractivity contribution is -0.118. The fourth-order valence-corrected chi connectivity index (χ4v) is 2.24. The normalized spacial score (nSPS) is 28.8. The minimum Gasteiger partial charge on any atom is -0.300 e. The maximum absolute atomic E-state index is 11.2. The lowest BCUT2D eigenvalue weighted by Crippen LogP contribution is -2.12. The summed E-state index contributed by atoms with van der Waals surface area (Å²) in [5, 5.41) is 0. The van der Waals surface area contributed by atoms with Gasteiger partial charge < -0.3 is 0 Å². The Morgan fingerprint density at radius 2 is 2.15 bits per heavy atom. The van der Waals surface area contributed by atoms with Crippen molar-refractivity contribution in [3.63, 3.8) is 0 Å². The van der Waals surface area contributed by atoms with E-state index >= 15 is 0 Å².